The molecule has 0 aromatic heterocycles. The van der Waals surface area contributed by atoms with Gasteiger partial charge in [0, 0.05) is 6.54 Å². The van der Waals surface area contributed by atoms with Gasteiger partial charge in [0.2, 0.25) is 0 Å². The molecular weight excluding hydrogens is 210 g/mol. The third-order valence-corrected chi connectivity index (χ3v) is 4.08. The van der Waals surface area contributed by atoms with Gasteiger partial charge < -0.3 is 10.1 Å². The molecule has 2 aliphatic rings. The molecule has 92 valence electrons. The summed E-state index contributed by atoms with van der Waals surface area (Å²) in [5, 5.41) is 3.45. The van der Waals surface area contributed by atoms with Crippen LogP contribution in [0.3, 0.4) is 0 Å². The van der Waals surface area contributed by atoms with E-state index in [2.05, 4.69) is 30.4 Å². The molecule has 17 heavy (non-hydrogen) atoms. The second kappa shape index (κ2) is 4.25. The lowest BCUT2D eigenvalue weighted by molar-refractivity contribution is 0.0494. The lowest BCUT2D eigenvalue weighted by atomic mass is 9.86. The number of benzene rings is 1. The van der Waals surface area contributed by atoms with Crippen molar-refractivity contribution in [1.82, 2.24) is 0 Å². The fourth-order valence-corrected chi connectivity index (χ4v) is 3.06. The predicted octanol–water partition coefficient (Wildman–Crippen LogP) is 3.76. The molecule has 0 unspecified atom stereocenters. The highest BCUT2D eigenvalue weighted by Gasteiger charge is 2.30. The number of anilines is 1. The van der Waals surface area contributed by atoms with Gasteiger partial charge in [-0.05, 0) is 50.7 Å². The fraction of sp³-hybridized carbons (Fsp3) is 0.600. The van der Waals surface area contributed by atoms with E-state index in [4.69, 9.17) is 4.74 Å². The van der Waals surface area contributed by atoms with Crippen molar-refractivity contribution >= 4 is 5.69 Å². The van der Waals surface area contributed by atoms with Gasteiger partial charge in [-0.2, -0.15) is 0 Å². The van der Waals surface area contributed by atoms with Crippen LogP contribution in [0.25, 0.3) is 0 Å². The van der Waals surface area contributed by atoms with Gasteiger partial charge in [-0.15, -0.1) is 0 Å². The molecule has 1 aliphatic heterocycles. The van der Waals surface area contributed by atoms with Crippen LogP contribution in [0.2, 0.25) is 0 Å². The minimum atomic E-state index is 0.0532. The van der Waals surface area contributed by atoms with E-state index in [1.165, 1.54) is 43.4 Å². The van der Waals surface area contributed by atoms with E-state index in [-0.39, 0.29) is 5.60 Å². The molecule has 2 heteroatoms. The van der Waals surface area contributed by atoms with Gasteiger partial charge in [0.05, 0.1) is 5.69 Å². The van der Waals surface area contributed by atoms with E-state index in [9.17, 15) is 0 Å². The monoisotopic (exact) mass is 231 g/mol. The molecule has 1 heterocycles. The highest BCUT2D eigenvalue weighted by atomic mass is 16.5. The second-order valence-electron chi connectivity index (χ2n) is 5.58. The van der Waals surface area contributed by atoms with Crippen LogP contribution in [0.4, 0.5) is 5.69 Å². The van der Waals surface area contributed by atoms with E-state index in [0.29, 0.717) is 0 Å². The molecule has 0 saturated heterocycles. The van der Waals surface area contributed by atoms with Crippen LogP contribution >= 0.6 is 0 Å². The van der Waals surface area contributed by atoms with Crippen LogP contribution in [0, 0.1) is 0 Å². The molecule has 1 saturated carbocycles. The molecule has 0 atom stereocenters. The minimum Gasteiger partial charge on any atom is -0.485 e. The van der Waals surface area contributed by atoms with E-state index < -0.39 is 0 Å². The number of fused-ring (bicyclic) bond motifs is 1. The fourth-order valence-electron chi connectivity index (χ4n) is 3.06. The number of ether oxygens (including phenoxy) is 1. The smallest absolute Gasteiger partial charge is 0.143 e. The normalized spacial score (nSPS) is 21.7. The van der Waals surface area contributed by atoms with Crippen molar-refractivity contribution in [3.63, 3.8) is 0 Å². The van der Waals surface area contributed by atoms with Crippen molar-refractivity contribution in [3.05, 3.63) is 23.8 Å². The Morgan fingerprint density at radius 3 is 2.82 bits per heavy atom. The third-order valence-electron chi connectivity index (χ3n) is 4.08. The number of para-hydroxylation sites is 1. The third kappa shape index (κ3) is 2.13. The second-order valence-corrected chi connectivity index (χ2v) is 5.58. The first-order valence-corrected chi connectivity index (χ1v) is 6.82. The largest absolute Gasteiger partial charge is 0.485 e. The van der Waals surface area contributed by atoms with Crippen LogP contribution in [-0.4, -0.2) is 12.1 Å². The number of hydrogen-bond acceptors (Lipinski definition) is 2. The maximum Gasteiger partial charge on any atom is 0.143 e. The Morgan fingerprint density at radius 2 is 2.00 bits per heavy atom. The van der Waals surface area contributed by atoms with Crippen molar-refractivity contribution in [2.45, 2.75) is 51.0 Å². The summed E-state index contributed by atoms with van der Waals surface area (Å²) in [6, 6.07) is 6.43. The molecule has 1 aromatic rings. The Bertz CT molecular complexity index is 407. The summed E-state index contributed by atoms with van der Waals surface area (Å²) in [6.45, 7) is 3.31. The van der Waals surface area contributed by atoms with E-state index in [1.54, 1.807) is 0 Å². The zero-order chi connectivity index (χ0) is 11.7. The molecule has 1 aliphatic carbocycles. The van der Waals surface area contributed by atoms with E-state index in [1.807, 2.05) is 0 Å². The maximum absolute atomic E-state index is 6.32. The topological polar surface area (TPSA) is 21.3 Å². The zero-order valence-corrected chi connectivity index (χ0v) is 10.6. The van der Waals surface area contributed by atoms with Gasteiger partial charge in [-0.3, -0.25) is 0 Å². The first-order chi connectivity index (χ1) is 8.27. The summed E-state index contributed by atoms with van der Waals surface area (Å²) in [6.07, 6.45) is 7.48. The lowest BCUT2D eigenvalue weighted by Crippen LogP contribution is -2.34. The average Bonchev–Trinajstić information content (AvgIpc) is 2.79. The van der Waals surface area contributed by atoms with Gasteiger partial charge in [0.1, 0.15) is 11.4 Å². The van der Waals surface area contributed by atoms with Gasteiger partial charge in [-0.25, -0.2) is 0 Å². The van der Waals surface area contributed by atoms with Crippen LogP contribution in [0.15, 0.2) is 18.2 Å². The first kappa shape index (κ1) is 10.9. The molecule has 1 N–H and O–H groups in total. The predicted molar refractivity (Wildman–Crippen MR) is 70.8 cm³/mol. The van der Waals surface area contributed by atoms with Crippen molar-refractivity contribution < 1.29 is 4.74 Å². The van der Waals surface area contributed by atoms with Crippen LogP contribution in [-0.2, 0) is 6.42 Å². The van der Waals surface area contributed by atoms with Gasteiger partial charge in [0.15, 0.2) is 0 Å². The molecule has 0 radical (unpaired) electrons. The Hall–Kier alpha value is -1.18. The van der Waals surface area contributed by atoms with Crippen LogP contribution < -0.4 is 10.1 Å². The quantitative estimate of drug-likeness (QED) is 0.837. The highest BCUT2D eigenvalue weighted by Crippen LogP contribution is 2.38. The summed E-state index contributed by atoms with van der Waals surface area (Å²) in [4.78, 5) is 0. The van der Waals surface area contributed by atoms with Crippen molar-refractivity contribution in [3.8, 4) is 5.75 Å². The zero-order valence-electron chi connectivity index (χ0n) is 10.6. The molecule has 0 spiro atoms. The van der Waals surface area contributed by atoms with E-state index >= 15 is 0 Å². The molecule has 0 amide bonds. The van der Waals surface area contributed by atoms with Gasteiger partial charge >= 0.3 is 0 Å². The van der Waals surface area contributed by atoms with Crippen LogP contribution in [0.5, 0.6) is 5.75 Å². The first-order valence-electron chi connectivity index (χ1n) is 6.82. The number of nitrogens with one attached hydrogen (secondary N) is 1. The summed E-state index contributed by atoms with van der Waals surface area (Å²) < 4.78 is 6.32. The van der Waals surface area contributed by atoms with Gasteiger partial charge in [0.25, 0.3) is 0 Å². The number of rotatable bonds is 2. The van der Waals surface area contributed by atoms with E-state index in [0.717, 1.165) is 18.7 Å². The summed E-state index contributed by atoms with van der Waals surface area (Å²) in [5.41, 5.74) is 2.69. The average molecular weight is 231 g/mol. The summed E-state index contributed by atoms with van der Waals surface area (Å²) in [7, 11) is 0. The molecule has 0 bridgehead atoms. The number of hydrogen-bond donors (Lipinski definition) is 1. The molecule has 2 nitrogen and oxygen atoms in total. The molecule has 1 fully saturated rings. The SMILES string of the molecule is CC1(Oc2cccc3c2NCC3)CCCCC1. The summed E-state index contributed by atoms with van der Waals surface area (Å²) >= 11 is 0. The maximum atomic E-state index is 6.32. The van der Waals surface area contributed by atoms with Crippen LogP contribution in [0.1, 0.15) is 44.6 Å². The highest BCUT2D eigenvalue weighted by molar-refractivity contribution is 5.65. The summed E-state index contributed by atoms with van der Waals surface area (Å²) in [5.74, 6) is 1.06. The Balaban J connectivity index is 1.83. The van der Waals surface area contributed by atoms with Crippen molar-refractivity contribution in [2.24, 2.45) is 0 Å². The molecule has 3 rings (SSSR count). The molecule has 1 aromatic carbocycles. The standard InChI is InChI=1S/C15H21NO/c1-15(9-3-2-4-10-15)17-13-7-5-6-12-8-11-16-14(12)13/h5-7,16H,2-4,8-11H2,1H3. The lowest BCUT2D eigenvalue weighted by Gasteiger charge is -2.34. The van der Waals surface area contributed by atoms with Gasteiger partial charge in [-0.1, -0.05) is 18.6 Å². The van der Waals surface area contributed by atoms with Crippen molar-refractivity contribution in [1.29, 1.82) is 0 Å². The minimum absolute atomic E-state index is 0.0532. The molecular formula is C15H21NO. The Kier molecular flexibility index (Phi) is 2.73. The Morgan fingerprint density at radius 1 is 1.18 bits per heavy atom. The van der Waals surface area contributed by atoms with Crippen molar-refractivity contribution in [2.75, 3.05) is 11.9 Å². The Labute approximate surface area is 103 Å².